The van der Waals surface area contributed by atoms with Crippen LogP contribution in [0.3, 0.4) is 0 Å². The van der Waals surface area contributed by atoms with Gasteiger partial charge in [0.05, 0.1) is 27.7 Å². The van der Waals surface area contributed by atoms with Gasteiger partial charge in [-0.25, -0.2) is 0 Å². The molecule has 0 bridgehead atoms. The largest absolute Gasteiger partial charge is 0.376 e. The van der Waals surface area contributed by atoms with Crippen molar-refractivity contribution in [3.8, 4) is 0 Å². The van der Waals surface area contributed by atoms with E-state index in [4.69, 9.17) is 4.74 Å². The van der Waals surface area contributed by atoms with Crippen molar-refractivity contribution in [1.82, 2.24) is 0 Å². The predicted molar refractivity (Wildman–Crippen MR) is 48.6 cm³/mol. The van der Waals surface area contributed by atoms with Crippen LogP contribution in [0.4, 0.5) is 0 Å². The van der Waals surface area contributed by atoms with Gasteiger partial charge in [-0.3, -0.25) is 0 Å². The Morgan fingerprint density at radius 2 is 1.73 bits per heavy atom. The molecule has 0 unspecified atom stereocenters. The Kier molecular flexibility index (Phi) is 5.51. The van der Waals surface area contributed by atoms with Crippen molar-refractivity contribution in [3.05, 3.63) is 0 Å². The van der Waals surface area contributed by atoms with Gasteiger partial charge in [0.15, 0.2) is 0 Å². The van der Waals surface area contributed by atoms with Gasteiger partial charge in [-0.2, -0.15) is 0 Å². The van der Waals surface area contributed by atoms with Crippen LogP contribution >= 0.6 is 0 Å². The van der Waals surface area contributed by atoms with E-state index >= 15 is 0 Å². The first-order valence-electron chi connectivity index (χ1n) is 4.44. The molecule has 11 heavy (non-hydrogen) atoms. The van der Waals surface area contributed by atoms with E-state index < -0.39 is 0 Å². The van der Waals surface area contributed by atoms with Gasteiger partial charge in [0.2, 0.25) is 0 Å². The average Bonchev–Trinajstić information content (AvgIpc) is 1.85. The third-order valence-corrected chi connectivity index (χ3v) is 1.55. The second kappa shape index (κ2) is 5.56. The van der Waals surface area contributed by atoms with Crippen molar-refractivity contribution in [2.75, 3.05) is 40.9 Å². The van der Waals surface area contributed by atoms with Crippen LogP contribution in [0.2, 0.25) is 0 Å². The number of nitrogens with zero attached hydrogens (tertiary/aromatic N) is 1. The summed E-state index contributed by atoms with van der Waals surface area (Å²) in [6.07, 6.45) is 2.42. The van der Waals surface area contributed by atoms with Gasteiger partial charge in [-0.15, -0.1) is 0 Å². The molecule has 2 heteroatoms. The van der Waals surface area contributed by atoms with Gasteiger partial charge < -0.3 is 9.22 Å². The van der Waals surface area contributed by atoms with Crippen LogP contribution in [-0.2, 0) is 4.74 Å². The van der Waals surface area contributed by atoms with Crippen molar-refractivity contribution in [3.63, 3.8) is 0 Å². The van der Waals surface area contributed by atoms with E-state index in [0.29, 0.717) is 0 Å². The first kappa shape index (κ1) is 10.9. The number of ether oxygens (including phenoxy) is 1. The Morgan fingerprint density at radius 3 is 2.18 bits per heavy atom. The van der Waals surface area contributed by atoms with Crippen LogP contribution in [-0.4, -0.2) is 45.4 Å². The SMILES string of the molecule is CCCCOCC[N+](C)(C)C. The van der Waals surface area contributed by atoms with E-state index in [1.54, 1.807) is 0 Å². The van der Waals surface area contributed by atoms with Crippen molar-refractivity contribution < 1.29 is 9.22 Å². The minimum absolute atomic E-state index is 0.892. The number of likely N-dealkylation sites (N-methyl/N-ethyl adjacent to an activating group) is 1. The molecular weight excluding hydrogens is 138 g/mol. The van der Waals surface area contributed by atoms with E-state index in [9.17, 15) is 0 Å². The monoisotopic (exact) mass is 160 g/mol. The van der Waals surface area contributed by atoms with Crippen molar-refractivity contribution in [1.29, 1.82) is 0 Å². The van der Waals surface area contributed by atoms with Gasteiger partial charge in [-0.05, 0) is 6.42 Å². The molecule has 2 nitrogen and oxygen atoms in total. The fraction of sp³-hybridized carbons (Fsp3) is 1.00. The highest BCUT2D eigenvalue weighted by Crippen LogP contribution is 1.91. The minimum Gasteiger partial charge on any atom is -0.376 e. The Balaban J connectivity index is 3.02. The van der Waals surface area contributed by atoms with Gasteiger partial charge in [0.25, 0.3) is 0 Å². The van der Waals surface area contributed by atoms with Crippen LogP contribution in [0.1, 0.15) is 19.8 Å². The van der Waals surface area contributed by atoms with Crippen molar-refractivity contribution in [2.45, 2.75) is 19.8 Å². The fourth-order valence-corrected chi connectivity index (χ4v) is 0.687. The van der Waals surface area contributed by atoms with E-state index in [1.807, 2.05) is 0 Å². The molecule has 0 rings (SSSR count). The Morgan fingerprint density at radius 1 is 1.09 bits per heavy atom. The first-order chi connectivity index (χ1) is 5.06. The van der Waals surface area contributed by atoms with Crippen molar-refractivity contribution in [2.24, 2.45) is 0 Å². The number of hydrogen-bond donors (Lipinski definition) is 0. The van der Waals surface area contributed by atoms with E-state index in [2.05, 4.69) is 28.1 Å². The summed E-state index contributed by atoms with van der Waals surface area (Å²) >= 11 is 0. The molecule has 0 aliphatic carbocycles. The third-order valence-electron chi connectivity index (χ3n) is 1.55. The molecule has 0 fully saturated rings. The Labute approximate surface area is 70.7 Å². The molecule has 0 aromatic rings. The molecule has 0 aliphatic rings. The number of rotatable bonds is 6. The first-order valence-corrected chi connectivity index (χ1v) is 4.44. The highest BCUT2D eigenvalue weighted by Gasteiger charge is 2.04. The summed E-state index contributed by atoms with van der Waals surface area (Å²) in [4.78, 5) is 0. The molecule has 68 valence electrons. The Hall–Kier alpha value is -0.0800. The lowest BCUT2D eigenvalue weighted by atomic mass is 10.4. The maximum atomic E-state index is 5.43. The molecule has 0 heterocycles. The molecule has 0 spiro atoms. The van der Waals surface area contributed by atoms with Crippen LogP contribution in [0, 0.1) is 0 Å². The standard InChI is InChI=1S/C9H22NO/c1-5-6-8-11-9-7-10(2,3)4/h5-9H2,1-4H3/q+1. The number of quaternary nitrogens is 1. The lowest BCUT2D eigenvalue weighted by Crippen LogP contribution is -2.37. The summed E-state index contributed by atoms with van der Waals surface area (Å²) in [5.41, 5.74) is 0. The average molecular weight is 160 g/mol. The second-order valence-electron chi connectivity index (χ2n) is 3.98. The van der Waals surface area contributed by atoms with Gasteiger partial charge in [0, 0.05) is 6.61 Å². The minimum atomic E-state index is 0.892. The smallest absolute Gasteiger partial charge is 0.102 e. The number of unbranched alkanes of at least 4 members (excludes halogenated alkanes) is 1. The van der Waals surface area contributed by atoms with Crippen molar-refractivity contribution >= 4 is 0 Å². The maximum Gasteiger partial charge on any atom is 0.102 e. The molecule has 0 aromatic carbocycles. The number of hydrogen-bond acceptors (Lipinski definition) is 1. The van der Waals surface area contributed by atoms with E-state index in [-0.39, 0.29) is 0 Å². The lowest BCUT2D eigenvalue weighted by Gasteiger charge is -2.23. The quantitative estimate of drug-likeness (QED) is 0.423. The lowest BCUT2D eigenvalue weighted by molar-refractivity contribution is -0.870. The van der Waals surface area contributed by atoms with Gasteiger partial charge in [-0.1, -0.05) is 13.3 Å². The molecule has 0 N–H and O–H groups in total. The van der Waals surface area contributed by atoms with Crippen LogP contribution in [0.25, 0.3) is 0 Å². The van der Waals surface area contributed by atoms with Gasteiger partial charge >= 0.3 is 0 Å². The normalized spacial score (nSPS) is 12.0. The van der Waals surface area contributed by atoms with Gasteiger partial charge in [0.1, 0.15) is 6.54 Å². The summed E-state index contributed by atoms with van der Waals surface area (Å²) in [7, 11) is 6.55. The topological polar surface area (TPSA) is 9.23 Å². The summed E-state index contributed by atoms with van der Waals surface area (Å²) < 4.78 is 6.43. The van der Waals surface area contributed by atoms with Crippen LogP contribution in [0.15, 0.2) is 0 Å². The molecule has 0 atom stereocenters. The zero-order chi connectivity index (χ0) is 8.74. The zero-order valence-electron chi connectivity index (χ0n) is 8.39. The third kappa shape index (κ3) is 9.92. The predicted octanol–water partition coefficient (Wildman–Crippen LogP) is 1.51. The molecule has 0 aliphatic heterocycles. The highest BCUT2D eigenvalue weighted by molar-refractivity contribution is 4.32. The fourth-order valence-electron chi connectivity index (χ4n) is 0.687. The van der Waals surface area contributed by atoms with E-state index in [1.165, 1.54) is 12.8 Å². The van der Waals surface area contributed by atoms with Crippen LogP contribution in [0.5, 0.6) is 0 Å². The maximum absolute atomic E-state index is 5.43. The summed E-state index contributed by atoms with van der Waals surface area (Å²) in [6.45, 7) is 5.10. The summed E-state index contributed by atoms with van der Waals surface area (Å²) in [5.74, 6) is 0. The Bertz CT molecular complexity index is 86.1. The molecular formula is C9H22NO+. The molecule has 0 saturated heterocycles. The molecule has 0 radical (unpaired) electrons. The van der Waals surface area contributed by atoms with E-state index in [0.717, 1.165) is 24.2 Å². The highest BCUT2D eigenvalue weighted by atomic mass is 16.5. The summed E-state index contributed by atoms with van der Waals surface area (Å²) in [5, 5.41) is 0. The second-order valence-corrected chi connectivity index (χ2v) is 3.98. The molecule has 0 amide bonds. The zero-order valence-corrected chi connectivity index (χ0v) is 8.39. The molecule has 0 saturated carbocycles. The van der Waals surface area contributed by atoms with Crippen LogP contribution < -0.4 is 0 Å². The summed E-state index contributed by atoms with van der Waals surface area (Å²) in [6, 6.07) is 0. The molecule has 0 aromatic heterocycles.